The maximum Gasteiger partial charge on any atom is 0.419 e. The highest BCUT2D eigenvalue weighted by molar-refractivity contribution is 5.91. The third-order valence-electron chi connectivity index (χ3n) is 5.96. The van der Waals surface area contributed by atoms with Crippen molar-refractivity contribution in [2.24, 2.45) is 7.05 Å². The number of aromatic hydroxyl groups is 1. The summed E-state index contributed by atoms with van der Waals surface area (Å²) in [7, 11) is 1.49. The molecule has 1 atom stereocenters. The molecule has 0 radical (unpaired) electrons. The number of rotatable bonds is 4. The van der Waals surface area contributed by atoms with Gasteiger partial charge in [-0.15, -0.1) is 0 Å². The van der Waals surface area contributed by atoms with Gasteiger partial charge in [0.25, 0.3) is 0 Å². The normalized spacial score (nSPS) is 16.6. The Morgan fingerprint density at radius 2 is 1.97 bits per heavy atom. The number of hydrogen-bond donors (Lipinski definition) is 1. The average molecular weight is 506 g/mol. The number of anilines is 1. The van der Waals surface area contributed by atoms with E-state index in [1.807, 2.05) is 23.1 Å². The highest BCUT2D eigenvalue weighted by Crippen LogP contribution is 2.41. The van der Waals surface area contributed by atoms with Crippen LogP contribution >= 0.6 is 0 Å². The molecule has 0 saturated carbocycles. The van der Waals surface area contributed by atoms with Gasteiger partial charge < -0.3 is 14.7 Å². The lowest BCUT2D eigenvalue weighted by Crippen LogP contribution is -2.47. The lowest BCUT2D eigenvalue weighted by Gasteiger charge is -2.35. The number of morpholine rings is 1. The van der Waals surface area contributed by atoms with Crippen LogP contribution in [-0.2, 0) is 24.4 Å². The Labute approximate surface area is 201 Å². The van der Waals surface area contributed by atoms with E-state index in [0.717, 1.165) is 5.69 Å². The molecule has 1 aromatic carbocycles. The first-order valence-corrected chi connectivity index (χ1v) is 10.9. The number of pyridine rings is 1. The molecule has 0 amide bonds. The van der Waals surface area contributed by atoms with Gasteiger partial charge in [0.05, 0.1) is 30.2 Å². The minimum Gasteiger partial charge on any atom is -0.503 e. The first-order valence-electron chi connectivity index (χ1n) is 10.9. The molecule has 1 saturated heterocycles. The monoisotopic (exact) mass is 506 g/mol. The Morgan fingerprint density at radius 1 is 1.17 bits per heavy atom. The van der Waals surface area contributed by atoms with Crippen LogP contribution in [0.3, 0.4) is 0 Å². The van der Waals surface area contributed by atoms with Crippen molar-refractivity contribution in [1.29, 1.82) is 0 Å². The molecule has 188 valence electrons. The van der Waals surface area contributed by atoms with Gasteiger partial charge >= 0.3 is 6.18 Å². The first-order chi connectivity index (χ1) is 17.1. The van der Waals surface area contributed by atoms with Crippen molar-refractivity contribution in [3.63, 3.8) is 0 Å². The third kappa shape index (κ3) is 4.19. The molecule has 1 unspecified atom stereocenters. The number of alkyl halides is 3. The molecular weight excluding hydrogens is 487 g/mol. The third-order valence-corrected chi connectivity index (χ3v) is 5.96. The maximum absolute atomic E-state index is 14.7. The van der Waals surface area contributed by atoms with E-state index < -0.39 is 34.7 Å². The van der Waals surface area contributed by atoms with Gasteiger partial charge in [-0.25, -0.2) is 18.4 Å². The van der Waals surface area contributed by atoms with E-state index in [-0.39, 0.29) is 28.8 Å². The summed E-state index contributed by atoms with van der Waals surface area (Å²) in [6.45, 7) is 1.34. The summed E-state index contributed by atoms with van der Waals surface area (Å²) in [5.41, 5.74) is -1.71. The zero-order valence-corrected chi connectivity index (χ0v) is 18.8. The summed E-state index contributed by atoms with van der Waals surface area (Å²) in [6.07, 6.45) is -1.57. The molecule has 1 aliphatic rings. The SMILES string of the molecule is Cn1nc(-c2cc(C(F)(F)F)c(F)c(O)c2F)c2cnc(N3CCOCC3Cc3ccccn3)nc21. The molecule has 1 fully saturated rings. The number of ether oxygens (including phenoxy) is 1. The molecule has 0 spiro atoms. The minimum absolute atomic E-state index is 0.125. The lowest BCUT2D eigenvalue weighted by molar-refractivity contribution is -0.140. The highest BCUT2D eigenvalue weighted by Gasteiger charge is 2.38. The topological polar surface area (TPSA) is 89.2 Å². The van der Waals surface area contributed by atoms with Crippen molar-refractivity contribution < 1.29 is 31.8 Å². The Hall–Kier alpha value is -3.87. The van der Waals surface area contributed by atoms with Crippen molar-refractivity contribution in [3.05, 3.63) is 59.6 Å². The summed E-state index contributed by atoms with van der Waals surface area (Å²) in [5, 5.41) is 13.9. The van der Waals surface area contributed by atoms with Crippen LogP contribution in [0.15, 0.2) is 36.7 Å². The van der Waals surface area contributed by atoms with Crippen LogP contribution in [-0.4, -0.2) is 55.6 Å². The van der Waals surface area contributed by atoms with Crippen LogP contribution < -0.4 is 4.90 Å². The molecule has 0 aliphatic carbocycles. The van der Waals surface area contributed by atoms with E-state index in [4.69, 9.17) is 4.74 Å². The summed E-state index contributed by atoms with van der Waals surface area (Å²) in [4.78, 5) is 15.2. The number of benzene rings is 1. The largest absolute Gasteiger partial charge is 0.503 e. The second-order valence-corrected chi connectivity index (χ2v) is 8.27. The van der Waals surface area contributed by atoms with Crippen molar-refractivity contribution in [2.45, 2.75) is 18.6 Å². The molecule has 5 rings (SSSR count). The van der Waals surface area contributed by atoms with E-state index in [1.54, 1.807) is 6.20 Å². The van der Waals surface area contributed by atoms with E-state index in [1.165, 1.54) is 17.9 Å². The second kappa shape index (κ2) is 8.97. The van der Waals surface area contributed by atoms with Gasteiger partial charge in [-0.2, -0.15) is 23.3 Å². The van der Waals surface area contributed by atoms with Gasteiger partial charge in [0, 0.05) is 43.7 Å². The van der Waals surface area contributed by atoms with Crippen LogP contribution in [0.2, 0.25) is 0 Å². The number of aryl methyl sites for hydroxylation is 1. The quantitative estimate of drug-likeness (QED) is 0.421. The van der Waals surface area contributed by atoms with Gasteiger partial charge in [-0.05, 0) is 18.2 Å². The summed E-state index contributed by atoms with van der Waals surface area (Å²) < 4.78 is 75.4. The number of hydrogen-bond acceptors (Lipinski definition) is 7. The summed E-state index contributed by atoms with van der Waals surface area (Å²) in [6, 6.07) is 5.75. The Kier molecular flexibility index (Phi) is 5.94. The van der Waals surface area contributed by atoms with Crippen LogP contribution in [0.25, 0.3) is 22.3 Å². The van der Waals surface area contributed by atoms with Gasteiger partial charge in [-0.1, -0.05) is 6.07 Å². The molecule has 13 heteroatoms. The number of halogens is 5. The number of phenolic OH excluding ortho intramolecular Hbond substituents is 1. The smallest absolute Gasteiger partial charge is 0.419 e. The van der Waals surface area contributed by atoms with E-state index in [9.17, 15) is 27.1 Å². The molecule has 36 heavy (non-hydrogen) atoms. The van der Waals surface area contributed by atoms with E-state index in [0.29, 0.717) is 32.1 Å². The van der Waals surface area contributed by atoms with E-state index >= 15 is 0 Å². The predicted octanol–water partition coefficient (Wildman–Crippen LogP) is 3.88. The molecule has 3 aromatic heterocycles. The van der Waals surface area contributed by atoms with Crippen LogP contribution in [0.5, 0.6) is 5.75 Å². The number of nitrogens with zero attached hydrogens (tertiary/aromatic N) is 6. The van der Waals surface area contributed by atoms with Crippen molar-refractivity contribution >= 4 is 17.0 Å². The van der Waals surface area contributed by atoms with Gasteiger partial charge in [-0.3, -0.25) is 4.98 Å². The van der Waals surface area contributed by atoms with Crippen LogP contribution in [0, 0.1) is 11.6 Å². The lowest BCUT2D eigenvalue weighted by atomic mass is 10.0. The van der Waals surface area contributed by atoms with Crippen molar-refractivity contribution in [3.8, 4) is 17.0 Å². The Morgan fingerprint density at radius 3 is 2.69 bits per heavy atom. The van der Waals surface area contributed by atoms with Gasteiger partial charge in [0.1, 0.15) is 5.69 Å². The predicted molar refractivity (Wildman–Crippen MR) is 118 cm³/mol. The molecule has 1 N–H and O–H groups in total. The van der Waals surface area contributed by atoms with Gasteiger partial charge in [0.15, 0.2) is 23.0 Å². The molecule has 4 heterocycles. The fourth-order valence-corrected chi connectivity index (χ4v) is 4.21. The maximum atomic E-state index is 14.7. The zero-order valence-electron chi connectivity index (χ0n) is 18.8. The standard InChI is InChI=1S/C23H19F5N6O2/c1-33-21-15(19(32-33)14-9-16(23(26,27)28)18(25)20(35)17(14)24)10-30-22(31-21)34-6-7-36-11-13(34)8-12-4-2-3-5-29-12/h2-5,9-10,13,35H,6-8,11H2,1H3. The minimum atomic E-state index is -5.16. The number of fused-ring (bicyclic) bond motifs is 1. The molecule has 0 bridgehead atoms. The van der Waals surface area contributed by atoms with Crippen molar-refractivity contribution in [1.82, 2.24) is 24.7 Å². The van der Waals surface area contributed by atoms with Crippen LogP contribution in [0.4, 0.5) is 27.9 Å². The molecule has 8 nitrogen and oxygen atoms in total. The van der Waals surface area contributed by atoms with E-state index in [2.05, 4.69) is 20.1 Å². The fraction of sp³-hybridized carbons (Fsp3) is 0.304. The molecular formula is C23H19F5N6O2. The molecule has 1 aliphatic heterocycles. The fourth-order valence-electron chi connectivity index (χ4n) is 4.21. The zero-order chi connectivity index (χ0) is 25.6. The Balaban J connectivity index is 1.56. The average Bonchev–Trinajstić information content (AvgIpc) is 3.18. The summed E-state index contributed by atoms with van der Waals surface area (Å²) in [5.74, 6) is -5.05. The second-order valence-electron chi connectivity index (χ2n) is 8.27. The highest BCUT2D eigenvalue weighted by atomic mass is 19.4. The first kappa shape index (κ1) is 23.9. The molecule has 4 aromatic rings. The number of phenols is 1. The van der Waals surface area contributed by atoms with Gasteiger partial charge in [0.2, 0.25) is 5.95 Å². The summed E-state index contributed by atoms with van der Waals surface area (Å²) >= 11 is 0. The van der Waals surface area contributed by atoms with Crippen molar-refractivity contribution in [2.75, 3.05) is 24.7 Å². The van der Waals surface area contributed by atoms with Crippen LogP contribution in [0.1, 0.15) is 11.3 Å². The Bertz CT molecular complexity index is 1430. The number of aromatic nitrogens is 5.